The summed E-state index contributed by atoms with van der Waals surface area (Å²) in [6.07, 6.45) is 10.6. The van der Waals surface area contributed by atoms with Crippen molar-refractivity contribution in [1.29, 1.82) is 0 Å². The van der Waals surface area contributed by atoms with E-state index in [9.17, 15) is 19.5 Å². The van der Waals surface area contributed by atoms with E-state index in [1.807, 2.05) is 29.3 Å². The first-order valence-electron chi connectivity index (χ1n) is 25.6. The van der Waals surface area contributed by atoms with E-state index in [0.717, 1.165) is 108 Å². The zero-order valence-corrected chi connectivity index (χ0v) is 41.9. The third kappa shape index (κ3) is 9.16. The first-order valence-corrected chi connectivity index (χ1v) is 25.6. The van der Waals surface area contributed by atoms with E-state index in [1.165, 1.54) is 27.6 Å². The Kier molecular flexibility index (Phi) is 13.2. The standard InChI is InChI=1S/C53H72N12O5/c1-8-49(67)56-41-26-38(11-12-42(41)61-19-18-59(30-35(61)3)39-14-17-60(34(2)24-39)40-13-15-54-47(27-40)62-22-23-70-33-36(62)4)55-50-52(69)58(7)31-48(57-50)64-16-9-10-43(46(64)32-66)65-21-20-63-44(51(65)68)25-37-28-53(5,6)29-45(37)63/h8,11-13,15,25-27,31,34-36,39,43,46,66H,1,9-10,14,16-24,28-30,32-33H2,2-7H3,(H,55,57)(H,56,67)/t34-,35-,36-,39?,43?,46?/m0/s1. The fourth-order valence-corrected chi connectivity index (χ4v) is 12.6. The molecular formula is C53H72N12O5. The van der Waals surface area contributed by atoms with Gasteiger partial charge in [-0.05, 0) is 107 Å². The minimum Gasteiger partial charge on any atom is -0.394 e. The fraction of sp³-hybridized carbons (Fsp3) is 0.566. The van der Waals surface area contributed by atoms with Gasteiger partial charge in [0.25, 0.3) is 11.5 Å². The zero-order valence-electron chi connectivity index (χ0n) is 41.9. The quantitative estimate of drug-likeness (QED) is 0.168. The molecule has 6 aliphatic rings. The summed E-state index contributed by atoms with van der Waals surface area (Å²) >= 11 is 0. The molecule has 1 aromatic carbocycles. The van der Waals surface area contributed by atoms with Gasteiger partial charge >= 0.3 is 0 Å². The van der Waals surface area contributed by atoms with Gasteiger partial charge in [-0.2, -0.15) is 0 Å². The average molecular weight is 957 g/mol. The topological polar surface area (TPSA) is 160 Å². The molecule has 17 nitrogen and oxygen atoms in total. The average Bonchev–Trinajstić information content (AvgIpc) is 3.85. The second kappa shape index (κ2) is 19.4. The van der Waals surface area contributed by atoms with Gasteiger partial charge < -0.3 is 54.1 Å². The van der Waals surface area contributed by atoms with E-state index in [-0.39, 0.29) is 47.3 Å². The van der Waals surface area contributed by atoms with Crippen LogP contribution in [0.3, 0.4) is 0 Å². The Hall–Kier alpha value is -5.91. The lowest BCUT2D eigenvalue weighted by Gasteiger charge is -2.48. The molecular weight excluding hydrogens is 885 g/mol. The third-order valence-electron chi connectivity index (χ3n) is 16.1. The molecule has 0 radical (unpaired) electrons. The molecule has 3 aromatic heterocycles. The van der Waals surface area contributed by atoms with Gasteiger partial charge in [0, 0.05) is 113 Å². The number of nitrogens with zero attached hydrogens (tertiary/aromatic N) is 10. The monoisotopic (exact) mass is 957 g/mol. The first-order chi connectivity index (χ1) is 33.7. The number of benzene rings is 1. The van der Waals surface area contributed by atoms with Crippen molar-refractivity contribution >= 4 is 52.0 Å². The second-order valence-corrected chi connectivity index (χ2v) is 21.5. The molecule has 0 saturated carbocycles. The van der Waals surface area contributed by atoms with Crippen LogP contribution >= 0.6 is 0 Å². The number of carbonyl (C=O) groups excluding carboxylic acids is 2. The Labute approximate surface area is 412 Å². The number of rotatable bonds is 11. The highest BCUT2D eigenvalue weighted by Gasteiger charge is 2.43. The normalized spacial score (nSPS) is 26.0. The molecule has 5 aliphatic heterocycles. The number of fused-ring (bicyclic) bond motifs is 3. The van der Waals surface area contributed by atoms with E-state index in [1.54, 1.807) is 13.2 Å². The number of aliphatic hydroxyl groups excluding tert-OH is 1. The summed E-state index contributed by atoms with van der Waals surface area (Å²) in [6.45, 7) is 22.7. The van der Waals surface area contributed by atoms with Crippen molar-refractivity contribution in [3.63, 3.8) is 0 Å². The van der Waals surface area contributed by atoms with Gasteiger partial charge in [0.15, 0.2) is 5.82 Å². The minimum atomic E-state index is -0.410. The van der Waals surface area contributed by atoms with E-state index in [4.69, 9.17) is 14.7 Å². The molecule has 0 bridgehead atoms. The highest BCUT2D eigenvalue weighted by Crippen LogP contribution is 2.41. The van der Waals surface area contributed by atoms with Gasteiger partial charge in [0.05, 0.1) is 49.3 Å². The first kappa shape index (κ1) is 47.8. The number of amides is 2. The Morgan fingerprint density at radius 3 is 2.50 bits per heavy atom. The molecule has 8 heterocycles. The maximum Gasteiger partial charge on any atom is 0.293 e. The van der Waals surface area contributed by atoms with Crippen molar-refractivity contribution in [1.82, 2.24) is 28.9 Å². The Balaban J connectivity index is 0.819. The molecule has 70 heavy (non-hydrogen) atoms. The fourth-order valence-electron chi connectivity index (χ4n) is 12.6. The summed E-state index contributed by atoms with van der Waals surface area (Å²) < 4.78 is 9.41. The van der Waals surface area contributed by atoms with Crippen molar-refractivity contribution in [2.75, 3.05) is 95.9 Å². The number of piperidine rings is 2. The summed E-state index contributed by atoms with van der Waals surface area (Å²) in [5.41, 5.74) is 6.51. The van der Waals surface area contributed by atoms with Crippen molar-refractivity contribution in [2.24, 2.45) is 12.5 Å². The largest absolute Gasteiger partial charge is 0.394 e. The summed E-state index contributed by atoms with van der Waals surface area (Å²) in [5.74, 6) is 1.36. The highest BCUT2D eigenvalue weighted by atomic mass is 16.5. The number of hydrogen-bond donors (Lipinski definition) is 3. The van der Waals surface area contributed by atoms with E-state index < -0.39 is 6.04 Å². The molecule has 2 amide bonds. The number of aliphatic hydroxyl groups is 1. The SMILES string of the molecule is C=CC(=O)Nc1cc(Nc2nc(N3CCCC(N4CCn5c(cc6c5CC(C)(C)C6)C4=O)C3CO)cn(C)c2=O)ccc1N1CCN(C2CCN(c3ccnc(N4CCOC[C@@H]4C)c3)[C@@H](C)C2)C[C@@H]1C. The van der Waals surface area contributed by atoms with Crippen molar-refractivity contribution < 1.29 is 19.4 Å². The second-order valence-electron chi connectivity index (χ2n) is 21.5. The van der Waals surface area contributed by atoms with Crippen LogP contribution in [0.4, 0.5) is 40.2 Å². The molecule has 0 spiro atoms. The Morgan fingerprint density at radius 2 is 1.73 bits per heavy atom. The van der Waals surface area contributed by atoms with Crippen LogP contribution in [0, 0.1) is 5.41 Å². The van der Waals surface area contributed by atoms with Crippen molar-refractivity contribution in [3.8, 4) is 0 Å². The zero-order chi connectivity index (χ0) is 49.0. The van der Waals surface area contributed by atoms with Crippen molar-refractivity contribution in [3.05, 3.63) is 88.8 Å². The lowest BCUT2D eigenvalue weighted by atomic mass is 9.90. The molecule has 1 aliphatic carbocycles. The number of morpholine rings is 1. The number of aromatic nitrogens is 4. The van der Waals surface area contributed by atoms with Gasteiger partial charge in [-0.1, -0.05) is 20.4 Å². The summed E-state index contributed by atoms with van der Waals surface area (Å²) in [6, 6.07) is 12.9. The van der Waals surface area contributed by atoms with Crippen molar-refractivity contribution in [2.45, 2.75) is 116 Å². The molecule has 3 unspecified atom stereocenters. The van der Waals surface area contributed by atoms with Crippen LogP contribution in [-0.2, 0) is 36.0 Å². The summed E-state index contributed by atoms with van der Waals surface area (Å²) in [7, 11) is 1.70. The predicted octanol–water partition coefficient (Wildman–Crippen LogP) is 5.25. The van der Waals surface area contributed by atoms with Crippen LogP contribution in [0.5, 0.6) is 0 Å². The number of piperazine rings is 1. The van der Waals surface area contributed by atoms with E-state index in [0.29, 0.717) is 48.4 Å². The minimum absolute atomic E-state index is 0.0136. The van der Waals surface area contributed by atoms with Gasteiger partial charge in [0.1, 0.15) is 17.3 Å². The number of nitrogens with one attached hydrogen (secondary N) is 2. The van der Waals surface area contributed by atoms with Crippen LogP contribution in [0.15, 0.2) is 66.2 Å². The number of carbonyl (C=O) groups is 2. The van der Waals surface area contributed by atoms with Gasteiger partial charge in [-0.15, -0.1) is 0 Å². The lowest BCUT2D eigenvalue weighted by molar-refractivity contribution is -0.111. The van der Waals surface area contributed by atoms with Gasteiger partial charge in [-0.25, -0.2) is 9.97 Å². The predicted molar refractivity (Wildman–Crippen MR) is 276 cm³/mol. The number of hydrogen-bond acceptors (Lipinski definition) is 13. The molecule has 4 aromatic rings. The van der Waals surface area contributed by atoms with Crippen LogP contribution in [-0.4, -0.2) is 148 Å². The number of ether oxygens (including phenoxy) is 1. The Morgan fingerprint density at radius 1 is 0.900 bits per heavy atom. The Bertz CT molecular complexity index is 2680. The van der Waals surface area contributed by atoms with Crippen LogP contribution in [0.2, 0.25) is 0 Å². The van der Waals surface area contributed by atoms with Gasteiger partial charge in [-0.3, -0.25) is 19.3 Å². The molecule has 4 saturated heterocycles. The highest BCUT2D eigenvalue weighted by molar-refractivity contribution is 6.02. The number of pyridine rings is 1. The van der Waals surface area contributed by atoms with Gasteiger partial charge in [0.2, 0.25) is 5.91 Å². The molecule has 4 fully saturated rings. The maximum atomic E-state index is 14.2. The number of aryl methyl sites for hydroxylation is 1. The molecule has 374 valence electrons. The molecule has 3 N–H and O–H groups in total. The van der Waals surface area contributed by atoms with E-state index in [2.05, 4.69) is 99.1 Å². The smallest absolute Gasteiger partial charge is 0.293 e. The van der Waals surface area contributed by atoms with E-state index >= 15 is 0 Å². The summed E-state index contributed by atoms with van der Waals surface area (Å²) in [4.78, 5) is 64.4. The number of anilines is 7. The molecule has 6 atom stereocenters. The molecule has 17 heteroatoms. The molecule has 10 rings (SSSR count). The van der Waals surface area contributed by atoms with Crippen LogP contribution < -0.4 is 35.8 Å². The maximum absolute atomic E-state index is 14.2. The summed E-state index contributed by atoms with van der Waals surface area (Å²) in [5, 5.41) is 17.3. The van der Waals surface area contributed by atoms with Crippen LogP contribution in [0.25, 0.3) is 0 Å². The third-order valence-corrected chi connectivity index (χ3v) is 16.1. The van der Waals surface area contributed by atoms with Crippen LogP contribution in [0.1, 0.15) is 82.0 Å². The lowest BCUT2D eigenvalue weighted by Crippen LogP contribution is -2.60.